The molecule has 0 amide bonds. The lowest BCUT2D eigenvalue weighted by molar-refractivity contribution is 0.299. The van der Waals surface area contributed by atoms with E-state index in [1.807, 2.05) is 0 Å². The van der Waals surface area contributed by atoms with Crippen molar-refractivity contribution in [3.8, 4) is 5.75 Å². The van der Waals surface area contributed by atoms with Gasteiger partial charge in [0.15, 0.2) is 0 Å². The number of benzene rings is 2. The number of halogens is 2. The molecule has 1 aromatic heterocycles. The number of hydrogen-bond acceptors (Lipinski definition) is 5. The fourth-order valence-corrected chi connectivity index (χ4v) is 2.63. The molecule has 6 nitrogen and oxygen atoms in total. The molecule has 0 atom stereocenters. The Kier molecular flexibility index (Phi) is 5.78. The van der Waals surface area contributed by atoms with Crippen molar-refractivity contribution in [2.75, 3.05) is 0 Å². The molecular formula is C18H14ClFN4O2S. The first-order chi connectivity index (χ1) is 13.0. The first-order valence-corrected chi connectivity index (χ1v) is 8.63. The topological polar surface area (TPSA) is 72.3 Å². The van der Waals surface area contributed by atoms with Crippen LogP contribution in [-0.4, -0.2) is 21.1 Å². The van der Waals surface area contributed by atoms with Crippen LogP contribution in [0.1, 0.15) is 16.8 Å². The van der Waals surface area contributed by atoms with Crippen LogP contribution in [-0.2, 0) is 6.61 Å². The zero-order chi connectivity index (χ0) is 19.4. The number of nitrogens with zero attached hydrogens (tertiary/aromatic N) is 3. The highest BCUT2D eigenvalue weighted by atomic mass is 35.5. The maximum absolute atomic E-state index is 13.9. The van der Waals surface area contributed by atoms with E-state index in [0.717, 1.165) is 4.68 Å². The number of aromatic nitrogens is 3. The van der Waals surface area contributed by atoms with Crippen molar-refractivity contribution in [1.82, 2.24) is 14.9 Å². The summed E-state index contributed by atoms with van der Waals surface area (Å²) in [7, 11) is 0. The van der Waals surface area contributed by atoms with Gasteiger partial charge in [0.1, 0.15) is 23.9 Å². The van der Waals surface area contributed by atoms with Crippen molar-refractivity contribution >= 4 is 30.0 Å². The van der Waals surface area contributed by atoms with Gasteiger partial charge in [0, 0.05) is 11.1 Å². The van der Waals surface area contributed by atoms with Gasteiger partial charge in [0.2, 0.25) is 4.77 Å². The SMILES string of the molecule is Cc1n[nH]c(=S)n(/N=C/c2ccccc2OCc2c(F)cccc2Cl)c1=O. The van der Waals surface area contributed by atoms with Crippen molar-refractivity contribution in [1.29, 1.82) is 0 Å². The van der Waals surface area contributed by atoms with Crippen LogP contribution >= 0.6 is 23.8 Å². The van der Waals surface area contributed by atoms with E-state index in [1.165, 1.54) is 18.3 Å². The molecule has 1 heterocycles. The van der Waals surface area contributed by atoms with E-state index in [2.05, 4.69) is 15.3 Å². The number of nitrogens with one attached hydrogen (secondary N) is 1. The van der Waals surface area contributed by atoms with Crippen LogP contribution in [0.2, 0.25) is 5.02 Å². The molecule has 0 saturated heterocycles. The number of rotatable bonds is 5. The van der Waals surface area contributed by atoms with Crippen LogP contribution < -0.4 is 10.3 Å². The molecule has 0 aliphatic heterocycles. The molecule has 0 aliphatic carbocycles. The van der Waals surface area contributed by atoms with E-state index >= 15 is 0 Å². The molecule has 0 bridgehead atoms. The number of aryl methyl sites for hydroxylation is 1. The summed E-state index contributed by atoms with van der Waals surface area (Å²) in [6, 6.07) is 11.4. The Morgan fingerprint density at radius 2 is 2.11 bits per heavy atom. The summed E-state index contributed by atoms with van der Waals surface area (Å²) in [6.07, 6.45) is 1.43. The fourth-order valence-electron chi connectivity index (χ4n) is 2.24. The van der Waals surface area contributed by atoms with E-state index in [-0.39, 0.29) is 27.7 Å². The van der Waals surface area contributed by atoms with Gasteiger partial charge in [-0.05, 0) is 43.4 Å². The first kappa shape index (κ1) is 18.9. The van der Waals surface area contributed by atoms with Gasteiger partial charge in [0.25, 0.3) is 5.56 Å². The average molecular weight is 405 g/mol. The van der Waals surface area contributed by atoms with Crippen LogP contribution in [0.5, 0.6) is 5.75 Å². The quantitative estimate of drug-likeness (QED) is 0.517. The highest BCUT2D eigenvalue weighted by Gasteiger charge is 2.09. The van der Waals surface area contributed by atoms with Crippen LogP contribution in [0.15, 0.2) is 52.4 Å². The van der Waals surface area contributed by atoms with E-state index in [4.69, 9.17) is 28.6 Å². The highest BCUT2D eigenvalue weighted by molar-refractivity contribution is 7.71. The first-order valence-electron chi connectivity index (χ1n) is 7.85. The maximum atomic E-state index is 13.9. The standard InChI is InChI=1S/C18H14ClFN4O2S/c1-11-17(25)24(18(27)23-22-11)21-9-12-5-2-3-8-16(12)26-10-13-14(19)6-4-7-15(13)20/h2-9H,10H2,1H3,(H,23,27)/b21-9+. The van der Waals surface area contributed by atoms with Crippen LogP contribution in [0.25, 0.3) is 0 Å². The molecular weight excluding hydrogens is 391 g/mol. The number of hydrogen-bond donors (Lipinski definition) is 1. The molecule has 1 N–H and O–H groups in total. The third-order valence-corrected chi connectivity index (χ3v) is 4.30. The van der Waals surface area contributed by atoms with Crippen molar-refractivity contribution < 1.29 is 9.13 Å². The summed E-state index contributed by atoms with van der Waals surface area (Å²) in [4.78, 5) is 12.1. The number of aromatic amines is 1. The number of para-hydroxylation sites is 1. The minimum atomic E-state index is -0.446. The zero-order valence-electron chi connectivity index (χ0n) is 14.1. The Morgan fingerprint density at radius 1 is 1.33 bits per heavy atom. The Morgan fingerprint density at radius 3 is 2.89 bits per heavy atom. The Balaban J connectivity index is 1.88. The van der Waals surface area contributed by atoms with Crippen LogP contribution in [0, 0.1) is 17.5 Å². The number of ether oxygens (including phenoxy) is 1. The van der Waals surface area contributed by atoms with Crippen molar-refractivity contribution in [2.45, 2.75) is 13.5 Å². The molecule has 3 aromatic rings. The van der Waals surface area contributed by atoms with Gasteiger partial charge in [-0.2, -0.15) is 14.9 Å². The molecule has 9 heteroatoms. The normalized spacial score (nSPS) is 11.1. The Bertz CT molecular complexity index is 1110. The summed E-state index contributed by atoms with van der Waals surface area (Å²) >= 11 is 11.1. The van der Waals surface area contributed by atoms with Crippen LogP contribution in [0.3, 0.4) is 0 Å². The molecule has 0 fully saturated rings. The summed E-state index contributed by atoms with van der Waals surface area (Å²) in [5, 5.41) is 10.7. The van der Waals surface area contributed by atoms with Crippen molar-refractivity contribution in [2.24, 2.45) is 5.10 Å². The molecule has 2 aromatic carbocycles. The highest BCUT2D eigenvalue weighted by Crippen LogP contribution is 2.23. The molecule has 138 valence electrons. The summed E-state index contributed by atoms with van der Waals surface area (Å²) < 4.78 is 20.7. The van der Waals surface area contributed by atoms with E-state index < -0.39 is 11.4 Å². The monoisotopic (exact) mass is 404 g/mol. The van der Waals surface area contributed by atoms with Gasteiger partial charge in [-0.3, -0.25) is 9.89 Å². The number of H-pyrrole nitrogens is 1. The summed E-state index contributed by atoms with van der Waals surface area (Å²) in [6.45, 7) is 1.50. The third-order valence-electron chi connectivity index (χ3n) is 3.68. The van der Waals surface area contributed by atoms with Gasteiger partial charge in [-0.1, -0.05) is 29.8 Å². The molecule has 0 spiro atoms. The van der Waals surface area contributed by atoms with Crippen molar-refractivity contribution in [3.05, 3.63) is 85.3 Å². The van der Waals surface area contributed by atoms with E-state index in [1.54, 1.807) is 37.3 Å². The predicted molar refractivity (Wildman–Crippen MR) is 104 cm³/mol. The second-order valence-electron chi connectivity index (χ2n) is 5.50. The molecule has 0 aliphatic rings. The molecule has 27 heavy (non-hydrogen) atoms. The molecule has 3 rings (SSSR count). The van der Waals surface area contributed by atoms with E-state index in [9.17, 15) is 9.18 Å². The fraction of sp³-hybridized carbons (Fsp3) is 0.111. The lowest BCUT2D eigenvalue weighted by Gasteiger charge is -2.10. The van der Waals surface area contributed by atoms with Crippen LogP contribution in [0.4, 0.5) is 4.39 Å². The van der Waals surface area contributed by atoms with Gasteiger partial charge < -0.3 is 4.74 Å². The van der Waals surface area contributed by atoms with Gasteiger partial charge in [-0.25, -0.2) is 4.39 Å². The zero-order valence-corrected chi connectivity index (χ0v) is 15.7. The third kappa shape index (κ3) is 4.29. The second kappa shape index (κ2) is 8.24. The summed E-state index contributed by atoms with van der Waals surface area (Å²) in [5.41, 5.74) is 0.654. The smallest absolute Gasteiger partial charge is 0.296 e. The summed E-state index contributed by atoms with van der Waals surface area (Å²) in [5.74, 6) is 0.00745. The van der Waals surface area contributed by atoms with Crippen molar-refractivity contribution in [3.63, 3.8) is 0 Å². The molecule has 0 unspecified atom stereocenters. The van der Waals surface area contributed by atoms with E-state index in [0.29, 0.717) is 11.3 Å². The van der Waals surface area contributed by atoms with Gasteiger partial charge in [-0.15, -0.1) is 0 Å². The minimum Gasteiger partial charge on any atom is -0.488 e. The van der Waals surface area contributed by atoms with Gasteiger partial charge >= 0.3 is 0 Å². The largest absolute Gasteiger partial charge is 0.488 e. The van der Waals surface area contributed by atoms with Gasteiger partial charge in [0.05, 0.1) is 11.2 Å². The Hall–Kier alpha value is -2.84. The lowest BCUT2D eigenvalue weighted by atomic mass is 10.2. The predicted octanol–water partition coefficient (Wildman–Crippen LogP) is 3.86. The second-order valence-corrected chi connectivity index (χ2v) is 6.30. The lowest BCUT2D eigenvalue weighted by Crippen LogP contribution is -2.22. The Labute approximate surface area is 163 Å². The molecule has 0 radical (unpaired) electrons. The maximum Gasteiger partial charge on any atom is 0.296 e. The average Bonchev–Trinajstić information content (AvgIpc) is 2.65. The minimum absolute atomic E-state index is 0.0509. The molecule has 0 saturated carbocycles.